The summed E-state index contributed by atoms with van der Waals surface area (Å²) in [5, 5.41) is 3.38. The Morgan fingerprint density at radius 3 is 2.75 bits per heavy atom. The number of piperidine rings is 1. The van der Waals surface area contributed by atoms with Crippen molar-refractivity contribution in [2.24, 2.45) is 16.6 Å². The van der Waals surface area contributed by atoms with Crippen LogP contribution in [0.1, 0.15) is 46.5 Å². The van der Waals surface area contributed by atoms with E-state index in [2.05, 4.69) is 42.9 Å². The first-order chi connectivity index (χ1) is 11.0. The second-order valence-corrected chi connectivity index (χ2v) is 6.60. The predicted molar refractivity (Wildman–Crippen MR) is 112 cm³/mol. The molecule has 0 spiro atoms. The smallest absolute Gasteiger partial charge is 0.217 e. The maximum atomic E-state index is 11.2. The number of likely N-dealkylation sites (tertiary alicyclic amines) is 1. The summed E-state index contributed by atoms with van der Waals surface area (Å²) in [6.45, 7) is 11.0. The molecule has 1 amide bonds. The molecule has 1 heterocycles. The van der Waals surface area contributed by atoms with Crippen LogP contribution in [0.15, 0.2) is 4.99 Å². The van der Waals surface area contributed by atoms with E-state index >= 15 is 0 Å². The van der Waals surface area contributed by atoms with Gasteiger partial charge in [-0.1, -0.05) is 6.92 Å². The largest absolute Gasteiger partial charge is 0.370 e. The number of carbonyl (C=O) groups is 1. The van der Waals surface area contributed by atoms with E-state index in [0.29, 0.717) is 18.4 Å². The number of nitrogens with two attached hydrogens (primary N) is 1. The lowest BCUT2D eigenvalue weighted by atomic mass is 9.95. The van der Waals surface area contributed by atoms with E-state index in [1.807, 2.05) is 0 Å². The Morgan fingerprint density at radius 2 is 2.17 bits per heavy atom. The molecule has 0 bridgehead atoms. The van der Waals surface area contributed by atoms with Crippen LogP contribution in [0.3, 0.4) is 0 Å². The third-order valence-corrected chi connectivity index (χ3v) is 4.70. The van der Waals surface area contributed by atoms with Crippen LogP contribution in [0.4, 0.5) is 0 Å². The molecule has 0 aromatic rings. The number of hydrogen-bond acceptors (Lipinski definition) is 3. The number of rotatable bonds is 8. The van der Waals surface area contributed by atoms with Gasteiger partial charge in [0, 0.05) is 38.6 Å². The molecule has 1 aliphatic heterocycles. The quantitative estimate of drug-likeness (QED) is 0.335. The minimum Gasteiger partial charge on any atom is -0.370 e. The van der Waals surface area contributed by atoms with Gasteiger partial charge in [0.05, 0.1) is 6.54 Å². The number of primary amides is 1. The Bertz CT molecular complexity index is 391. The Kier molecular flexibility index (Phi) is 12.4. The van der Waals surface area contributed by atoms with Crippen LogP contribution in [0, 0.1) is 5.92 Å². The molecular formula is C17H36IN5O. The van der Waals surface area contributed by atoms with Crippen LogP contribution in [0.2, 0.25) is 0 Å². The van der Waals surface area contributed by atoms with Crippen molar-refractivity contribution in [2.45, 2.75) is 52.5 Å². The van der Waals surface area contributed by atoms with Crippen molar-refractivity contribution in [3.63, 3.8) is 0 Å². The molecule has 24 heavy (non-hydrogen) atoms. The van der Waals surface area contributed by atoms with E-state index in [4.69, 9.17) is 10.7 Å². The molecule has 0 aliphatic carbocycles. The highest BCUT2D eigenvalue weighted by molar-refractivity contribution is 14.0. The summed E-state index contributed by atoms with van der Waals surface area (Å²) in [5.74, 6) is 1.13. The fraction of sp³-hybridized carbons (Fsp3) is 0.882. The molecule has 1 aliphatic rings. The highest BCUT2D eigenvalue weighted by atomic mass is 127. The molecule has 0 radical (unpaired) electrons. The molecule has 6 nitrogen and oxygen atoms in total. The molecule has 1 saturated heterocycles. The average Bonchev–Trinajstić information content (AvgIpc) is 2.52. The number of likely N-dealkylation sites (N-methyl/N-ethyl adjacent to an activating group) is 1. The predicted octanol–water partition coefficient (Wildman–Crippen LogP) is 1.89. The highest BCUT2D eigenvalue weighted by Crippen LogP contribution is 2.19. The SMILES string of the molecule is CCNC(=NCCN(C)C(C)CC)N1CCCC(CC(N)=O)C1.I. The van der Waals surface area contributed by atoms with Crippen LogP contribution >= 0.6 is 24.0 Å². The molecule has 2 unspecified atom stereocenters. The fourth-order valence-electron chi connectivity index (χ4n) is 2.98. The van der Waals surface area contributed by atoms with Gasteiger partial charge in [-0.25, -0.2) is 0 Å². The second-order valence-electron chi connectivity index (χ2n) is 6.60. The molecular weight excluding hydrogens is 417 g/mol. The normalized spacial score (nSPS) is 19.8. The summed E-state index contributed by atoms with van der Waals surface area (Å²) in [6.07, 6.45) is 3.80. The van der Waals surface area contributed by atoms with Crippen molar-refractivity contribution in [1.29, 1.82) is 0 Å². The summed E-state index contributed by atoms with van der Waals surface area (Å²) in [4.78, 5) is 20.6. The molecule has 7 heteroatoms. The first-order valence-corrected chi connectivity index (χ1v) is 8.99. The summed E-state index contributed by atoms with van der Waals surface area (Å²) in [6, 6.07) is 0.586. The lowest BCUT2D eigenvalue weighted by Gasteiger charge is -2.34. The maximum absolute atomic E-state index is 11.2. The Balaban J connectivity index is 0.00000529. The average molecular weight is 453 g/mol. The van der Waals surface area contributed by atoms with Gasteiger partial charge in [0.25, 0.3) is 0 Å². The van der Waals surface area contributed by atoms with Crippen molar-refractivity contribution in [2.75, 3.05) is 39.8 Å². The van der Waals surface area contributed by atoms with Crippen LogP contribution in [-0.4, -0.2) is 67.5 Å². The van der Waals surface area contributed by atoms with Crippen LogP contribution in [0.25, 0.3) is 0 Å². The maximum Gasteiger partial charge on any atom is 0.217 e. The molecule has 1 fully saturated rings. The number of nitrogens with zero attached hydrogens (tertiary/aromatic N) is 3. The van der Waals surface area contributed by atoms with Crippen LogP contribution < -0.4 is 11.1 Å². The molecule has 3 N–H and O–H groups in total. The zero-order chi connectivity index (χ0) is 17.2. The van der Waals surface area contributed by atoms with Gasteiger partial charge in [-0.15, -0.1) is 24.0 Å². The van der Waals surface area contributed by atoms with Crippen LogP contribution in [0.5, 0.6) is 0 Å². The van der Waals surface area contributed by atoms with E-state index in [0.717, 1.165) is 57.9 Å². The summed E-state index contributed by atoms with van der Waals surface area (Å²) < 4.78 is 0. The van der Waals surface area contributed by atoms with E-state index in [1.165, 1.54) is 0 Å². The topological polar surface area (TPSA) is 74.0 Å². The van der Waals surface area contributed by atoms with Crippen molar-refractivity contribution in [3.8, 4) is 0 Å². The van der Waals surface area contributed by atoms with Gasteiger partial charge in [0.15, 0.2) is 5.96 Å². The van der Waals surface area contributed by atoms with Crippen LogP contribution in [-0.2, 0) is 4.79 Å². The van der Waals surface area contributed by atoms with Gasteiger partial charge in [-0.2, -0.15) is 0 Å². The molecule has 0 aromatic carbocycles. The molecule has 0 aromatic heterocycles. The van der Waals surface area contributed by atoms with E-state index in [-0.39, 0.29) is 29.9 Å². The van der Waals surface area contributed by atoms with E-state index < -0.39 is 0 Å². The Hall–Kier alpha value is -0.570. The van der Waals surface area contributed by atoms with Gasteiger partial charge in [-0.3, -0.25) is 9.79 Å². The lowest BCUT2D eigenvalue weighted by Crippen LogP contribution is -2.47. The molecule has 1 rings (SSSR count). The first-order valence-electron chi connectivity index (χ1n) is 8.99. The minimum atomic E-state index is -0.200. The highest BCUT2D eigenvalue weighted by Gasteiger charge is 2.23. The van der Waals surface area contributed by atoms with Gasteiger partial charge < -0.3 is 20.9 Å². The van der Waals surface area contributed by atoms with Gasteiger partial charge in [-0.05, 0) is 46.1 Å². The monoisotopic (exact) mass is 453 g/mol. The Labute approximate surface area is 164 Å². The number of halogens is 1. The standard InChI is InChI=1S/C17H35N5O.HI/c1-5-14(3)21(4)11-9-20-17(19-6-2)22-10-7-8-15(13-22)12-16(18)23;/h14-15H,5-13H2,1-4H3,(H2,18,23)(H,19,20);1H. The zero-order valence-corrected chi connectivity index (χ0v) is 18.1. The van der Waals surface area contributed by atoms with E-state index in [9.17, 15) is 4.79 Å². The van der Waals surface area contributed by atoms with Crippen molar-refractivity contribution >= 4 is 35.8 Å². The third-order valence-electron chi connectivity index (χ3n) is 4.70. The number of guanidine groups is 1. The Morgan fingerprint density at radius 1 is 1.46 bits per heavy atom. The van der Waals surface area contributed by atoms with Gasteiger partial charge >= 0.3 is 0 Å². The first kappa shape index (κ1) is 23.4. The third kappa shape index (κ3) is 8.50. The fourth-order valence-corrected chi connectivity index (χ4v) is 2.98. The number of aliphatic imine (C=N–C) groups is 1. The van der Waals surface area contributed by atoms with Crippen molar-refractivity contribution in [1.82, 2.24) is 15.1 Å². The van der Waals surface area contributed by atoms with Crippen molar-refractivity contribution in [3.05, 3.63) is 0 Å². The molecule has 2 atom stereocenters. The lowest BCUT2D eigenvalue weighted by molar-refractivity contribution is -0.119. The molecule has 142 valence electrons. The number of amides is 1. The summed E-state index contributed by atoms with van der Waals surface area (Å²) in [5.41, 5.74) is 5.35. The van der Waals surface area contributed by atoms with Gasteiger partial charge in [0.2, 0.25) is 5.91 Å². The molecule has 0 saturated carbocycles. The van der Waals surface area contributed by atoms with Crippen molar-refractivity contribution < 1.29 is 4.79 Å². The summed E-state index contributed by atoms with van der Waals surface area (Å²) in [7, 11) is 2.15. The summed E-state index contributed by atoms with van der Waals surface area (Å²) >= 11 is 0. The zero-order valence-electron chi connectivity index (χ0n) is 15.8. The van der Waals surface area contributed by atoms with E-state index in [1.54, 1.807) is 0 Å². The minimum absolute atomic E-state index is 0. The number of carbonyl (C=O) groups excluding carboxylic acids is 1. The van der Waals surface area contributed by atoms with Gasteiger partial charge in [0.1, 0.15) is 0 Å². The number of nitrogens with one attached hydrogen (secondary N) is 1. The number of hydrogen-bond donors (Lipinski definition) is 2. The second kappa shape index (κ2) is 12.7.